The van der Waals surface area contributed by atoms with E-state index in [0.29, 0.717) is 23.6 Å². The quantitative estimate of drug-likeness (QED) is 0.631. The highest BCUT2D eigenvalue weighted by Crippen LogP contribution is 2.45. The van der Waals surface area contributed by atoms with Crippen LogP contribution in [0.1, 0.15) is 38.5 Å². The zero-order valence-corrected chi connectivity index (χ0v) is 19.6. The Kier molecular flexibility index (Phi) is 7.09. The smallest absolute Gasteiger partial charge is 0.303 e. The number of carbonyl (C=O) groups is 1. The van der Waals surface area contributed by atoms with E-state index in [-0.39, 0.29) is 36.3 Å². The van der Waals surface area contributed by atoms with Crippen molar-refractivity contribution in [2.45, 2.75) is 60.8 Å². The van der Waals surface area contributed by atoms with Gasteiger partial charge in [-0.25, -0.2) is 13.4 Å². The number of piperidine rings is 1. The summed E-state index contributed by atoms with van der Waals surface area (Å²) in [6.07, 6.45) is 4.00. The van der Waals surface area contributed by atoms with E-state index >= 15 is 0 Å². The van der Waals surface area contributed by atoms with Crippen molar-refractivity contribution in [2.75, 3.05) is 27.3 Å². The van der Waals surface area contributed by atoms with Crippen molar-refractivity contribution in [1.82, 2.24) is 10.4 Å². The largest absolute Gasteiger partial charge is 0.497 e. The van der Waals surface area contributed by atoms with Gasteiger partial charge in [0.15, 0.2) is 9.84 Å². The average Bonchev–Trinajstić information content (AvgIpc) is 3.19. The van der Waals surface area contributed by atoms with Gasteiger partial charge >= 0.3 is 5.97 Å². The molecule has 3 fully saturated rings. The Morgan fingerprint density at radius 2 is 1.94 bits per heavy atom. The fourth-order valence-electron chi connectivity index (χ4n) is 6.15. The van der Waals surface area contributed by atoms with Gasteiger partial charge in [0.2, 0.25) is 0 Å². The minimum Gasteiger partial charge on any atom is -0.497 e. The molecule has 6 atom stereocenters. The number of benzene rings is 1. The van der Waals surface area contributed by atoms with E-state index in [0.717, 1.165) is 32.2 Å². The van der Waals surface area contributed by atoms with Crippen molar-refractivity contribution < 1.29 is 27.8 Å². The van der Waals surface area contributed by atoms with Crippen LogP contribution in [0.25, 0.3) is 0 Å². The highest BCUT2D eigenvalue weighted by molar-refractivity contribution is 7.92. The second kappa shape index (κ2) is 9.67. The van der Waals surface area contributed by atoms with Gasteiger partial charge in [0.1, 0.15) is 5.75 Å². The monoisotopic (exact) mass is 466 g/mol. The second-order valence-electron chi connectivity index (χ2n) is 9.31. The average molecular weight is 467 g/mol. The topological polar surface area (TPSA) is 105 Å². The molecule has 9 heteroatoms. The lowest BCUT2D eigenvalue weighted by Gasteiger charge is -2.46. The summed E-state index contributed by atoms with van der Waals surface area (Å²) in [4.78, 5) is 11.7. The SMILES string of the molecule is COc1ccc(S(=O)(=O)C2CCCC(OC)C2C2CCN3NCC(CC(=O)O)C3C2)cc1. The molecule has 8 nitrogen and oxygen atoms in total. The fourth-order valence-corrected chi connectivity index (χ4v) is 8.30. The fraction of sp³-hybridized carbons (Fsp3) is 0.696. The summed E-state index contributed by atoms with van der Waals surface area (Å²) < 4.78 is 38.5. The number of fused-ring (bicyclic) bond motifs is 1. The van der Waals surface area contributed by atoms with Gasteiger partial charge in [-0.1, -0.05) is 0 Å². The number of carboxylic acid groups (broad SMARTS) is 1. The molecule has 0 spiro atoms. The predicted molar refractivity (Wildman–Crippen MR) is 119 cm³/mol. The lowest BCUT2D eigenvalue weighted by Crippen LogP contribution is -2.52. The molecule has 6 unspecified atom stereocenters. The van der Waals surface area contributed by atoms with Crippen molar-refractivity contribution in [1.29, 1.82) is 0 Å². The van der Waals surface area contributed by atoms with E-state index in [1.807, 2.05) is 0 Å². The molecule has 2 saturated heterocycles. The summed E-state index contributed by atoms with van der Waals surface area (Å²) in [5.74, 6) is -0.0426. The molecule has 0 aromatic heterocycles. The molecule has 1 aliphatic carbocycles. The molecule has 0 radical (unpaired) electrons. The molecule has 2 heterocycles. The molecular weight excluding hydrogens is 432 g/mol. The summed E-state index contributed by atoms with van der Waals surface area (Å²) in [6.45, 7) is 1.46. The third kappa shape index (κ3) is 4.53. The van der Waals surface area contributed by atoms with Crippen molar-refractivity contribution in [3.05, 3.63) is 24.3 Å². The van der Waals surface area contributed by atoms with Gasteiger partial charge in [-0.05, 0) is 62.3 Å². The number of hydrazine groups is 1. The van der Waals surface area contributed by atoms with Crippen LogP contribution in [0.2, 0.25) is 0 Å². The highest BCUT2D eigenvalue weighted by Gasteiger charge is 2.49. The van der Waals surface area contributed by atoms with Crippen molar-refractivity contribution >= 4 is 15.8 Å². The molecule has 2 aliphatic heterocycles. The molecule has 178 valence electrons. The maximum absolute atomic E-state index is 13.7. The highest BCUT2D eigenvalue weighted by atomic mass is 32.2. The molecule has 1 aromatic rings. The van der Waals surface area contributed by atoms with Crippen LogP contribution in [0.4, 0.5) is 0 Å². The van der Waals surface area contributed by atoms with Crippen LogP contribution in [0.5, 0.6) is 5.75 Å². The standard InChI is InChI=1S/C23H34N2O6S/c1-30-17-6-8-18(9-7-17)32(28,29)21-5-3-4-20(31-2)23(21)15-10-11-25-19(12-15)16(14-24-25)13-22(26)27/h6-9,15-16,19-21,23-24H,3-5,10-14H2,1-2H3,(H,26,27). The number of aliphatic carboxylic acids is 1. The summed E-state index contributed by atoms with van der Waals surface area (Å²) in [7, 11) is -0.301. The van der Waals surface area contributed by atoms with Gasteiger partial charge in [-0.3, -0.25) is 10.2 Å². The van der Waals surface area contributed by atoms with Gasteiger partial charge in [0, 0.05) is 38.1 Å². The number of carboxylic acids is 1. The Labute approximate surface area is 190 Å². The normalized spacial score (nSPS) is 33.6. The van der Waals surface area contributed by atoms with Crippen LogP contribution in [-0.2, 0) is 19.4 Å². The summed E-state index contributed by atoms with van der Waals surface area (Å²) >= 11 is 0. The molecule has 4 rings (SSSR count). The number of ether oxygens (including phenoxy) is 2. The molecule has 2 N–H and O–H groups in total. The lowest BCUT2D eigenvalue weighted by molar-refractivity contribution is -0.138. The number of methoxy groups -OCH3 is 2. The number of nitrogens with zero attached hydrogens (tertiary/aromatic N) is 1. The molecular formula is C23H34N2O6S. The van der Waals surface area contributed by atoms with E-state index in [1.165, 1.54) is 0 Å². The van der Waals surface area contributed by atoms with Gasteiger partial charge in [-0.15, -0.1) is 0 Å². The van der Waals surface area contributed by atoms with Gasteiger partial charge in [0.05, 0.1) is 29.8 Å². The molecule has 1 saturated carbocycles. The zero-order valence-electron chi connectivity index (χ0n) is 18.8. The summed E-state index contributed by atoms with van der Waals surface area (Å²) in [5.41, 5.74) is 3.35. The molecule has 0 amide bonds. The van der Waals surface area contributed by atoms with E-state index in [1.54, 1.807) is 38.5 Å². The Hall–Kier alpha value is -1.68. The van der Waals surface area contributed by atoms with Crippen molar-refractivity contribution in [2.24, 2.45) is 17.8 Å². The van der Waals surface area contributed by atoms with Crippen LogP contribution < -0.4 is 10.2 Å². The number of hydrogen-bond acceptors (Lipinski definition) is 7. The maximum Gasteiger partial charge on any atom is 0.303 e. The molecule has 3 aliphatic rings. The third-order valence-electron chi connectivity index (χ3n) is 7.69. The van der Waals surface area contributed by atoms with Gasteiger partial charge in [0.25, 0.3) is 0 Å². The van der Waals surface area contributed by atoms with Gasteiger partial charge < -0.3 is 14.6 Å². The van der Waals surface area contributed by atoms with Crippen molar-refractivity contribution in [3.8, 4) is 5.75 Å². The van der Waals surface area contributed by atoms with E-state index in [4.69, 9.17) is 9.47 Å². The van der Waals surface area contributed by atoms with Crippen LogP contribution in [0, 0.1) is 17.8 Å². The number of hydrogen-bond donors (Lipinski definition) is 2. The maximum atomic E-state index is 13.7. The van der Waals surface area contributed by atoms with Gasteiger partial charge in [-0.2, -0.15) is 0 Å². The molecule has 32 heavy (non-hydrogen) atoms. The van der Waals surface area contributed by atoms with Crippen molar-refractivity contribution in [3.63, 3.8) is 0 Å². The first-order valence-corrected chi connectivity index (χ1v) is 13.0. The van der Waals surface area contributed by atoms with E-state index in [9.17, 15) is 18.3 Å². The Morgan fingerprint density at radius 3 is 2.59 bits per heavy atom. The summed E-state index contributed by atoms with van der Waals surface area (Å²) in [6, 6.07) is 6.77. The molecule has 0 bridgehead atoms. The van der Waals surface area contributed by atoms with E-state index in [2.05, 4.69) is 10.4 Å². The minimum absolute atomic E-state index is 0.0385. The first kappa shape index (κ1) is 23.5. The second-order valence-corrected chi connectivity index (χ2v) is 11.5. The number of nitrogens with one attached hydrogen (secondary N) is 1. The first-order chi connectivity index (χ1) is 15.3. The van der Waals surface area contributed by atoms with E-state index < -0.39 is 21.1 Å². The summed E-state index contributed by atoms with van der Waals surface area (Å²) in [5, 5.41) is 11.0. The van der Waals surface area contributed by atoms with Crippen LogP contribution in [0.15, 0.2) is 29.2 Å². The third-order valence-corrected chi connectivity index (χ3v) is 9.97. The van der Waals surface area contributed by atoms with Crippen LogP contribution in [-0.4, -0.2) is 69.2 Å². The number of sulfone groups is 1. The predicted octanol–water partition coefficient (Wildman–Crippen LogP) is 2.34. The Bertz CT molecular complexity index is 906. The van der Waals surface area contributed by atoms with Crippen LogP contribution >= 0.6 is 0 Å². The Morgan fingerprint density at radius 1 is 1.19 bits per heavy atom. The minimum atomic E-state index is -3.54. The number of rotatable bonds is 7. The molecule has 1 aromatic carbocycles. The van der Waals surface area contributed by atoms with Crippen LogP contribution in [0.3, 0.4) is 0 Å². The Balaban J connectivity index is 1.60. The zero-order chi connectivity index (χ0) is 22.9. The lowest BCUT2D eigenvalue weighted by atomic mass is 9.71. The first-order valence-electron chi connectivity index (χ1n) is 11.5.